The topological polar surface area (TPSA) is 23.6 Å². The van der Waals surface area contributed by atoms with Crippen LogP contribution in [0.3, 0.4) is 0 Å². The van der Waals surface area contributed by atoms with E-state index < -0.39 is 11.6 Å². The largest absolute Gasteiger partial charge is 0.341 e. The van der Waals surface area contributed by atoms with Gasteiger partial charge in [0.1, 0.15) is 0 Å². The Morgan fingerprint density at radius 2 is 1.96 bits per heavy atom. The van der Waals surface area contributed by atoms with Crippen molar-refractivity contribution in [1.82, 2.24) is 9.80 Å². The zero-order valence-electron chi connectivity index (χ0n) is 13.1. The van der Waals surface area contributed by atoms with Crippen LogP contribution in [0.5, 0.6) is 0 Å². The Morgan fingerprint density at radius 3 is 2.70 bits per heavy atom. The number of hydrogen-bond acceptors (Lipinski definition) is 3. The maximum Gasteiger partial charge on any atom is 0.227 e. The van der Waals surface area contributed by atoms with Gasteiger partial charge in [-0.1, -0.05) is 6.07 Å². The minimum Gasteiger partial charge on any atom is -0.341 e. The van der Waals surface area contributed by atoms with E-state index in [1.165, 1.54) is 12.1 Å². The highest BCUT2D eigenvalue weighted by molar-refractivity contribution is 7.99. The van der Waals surface area contributed by atoms with Crippen LogP contribution in [-0.2, 0) is 11.3 Å². The van der Waals surface area contributed by atoms with Gasteiger partial charge in [0.15, 0.2) is 11.6 Å². The smallest absolute Gasteiger partial charge is 0.227 e. The predicted molar refractivity (Wildman–Crippen MR) is 88.3 cm³/mol. The molecular formula is C17H22F2N2OS. The second kappa shape index (κ2) is 7.62. The molecule has 2 fully saturated rings. The molecule has 2 aliphatic rings. The summed E-state index contributed by atoms with van der Waals surface area (Å²) < 4.78 is 26.3. The van der Waals surface area contributed by atoms with Crippen LogP contribution in [0.25, 0.3) is 0 Å². The Kier molecular flexibility index (Phi) is 5.54. The van der Waals surface area contributed by atoms with Crippen molar-refractivity contribution >= 4 is 17.7 Å². The van der Waals surface area contributed by atoms with Gasteiger partial charge in [-0.05, 0) is 37.1 Å². The van der Waals surface area contributed by atoms with Crippen molar-refractivity contribution in [2.75, 3.05) is 37.7 Å². The fraction of sp³-hybridized carbons (Fsp3) is 0.588. The summed E-state index contributed by atoms with van der Waals surface area (Å²) in [5.74, 6) is 0.729. The highest BCUT2D eigenvalue weighted by atomic mass is 32.2. The highest BCUT2D eigenvalue weighted by Crippen LogP contribution is 2.22. The van der Waals surface area contributed by atoms with Crippen LogP contribution in [0.1, 0.15) is 18.4 Å². The lowest BCUT2D eigenvalue weighted by Gasteiger charge is -2.36. The summed E-state index contributed by atoms with van der Waals surface area (Å²) in [6, 6.07) is 4.04. The van der Waals surface area contributed by atoms with E-state index in [9.17, 15) is 13.6 Å². The molecule has 0 aliphatic carbocycles. The molecule has 126 valence electrons. The fourth-order valence-corrected chi connectivity index (χ4v) is 4.24. The third kappa shape index (κ3) is 4.23. The average molecular weight is 340 g/mol. The van der Waals surface area contributed by atoms with Crippen molar-refractivity contribution in [3.8, 4) is 0 Å². The van der Waals surface area contributed by atoms with Crippen molar-refractivity contribution in [1.29, 1.82) is 0 Å². The van der Waals surface area contributed by atoms with Crippen molar-refractivity contribution in [2.24, 2.45) is 5.92 Å². The summed E-state index contributed by atoms with van der Waals surface area (Å²) >= 11 is 1.90. The summed E-state index contributed by atoms with van der Waals surface area (Å²) in [7, 11) is 0. The minimum atomic E-state index is -0.816. The molecule has 0 bridgehead atoms. The van der Waals surface area contributed by atoms with Crippen LogP contribution >= 0.6 is 11.8 Å². The van der Waals surface area contributed by atoms with Crippen LogP contribution in [-0.4, -0.2) is 53.4 Å². The third-order valence-electron chi connectivity index (χ3n) is 4.57. The number of halogens is 2. The number of benzene rings is 1. The molecule has 2 heterocycles. The maximum atomic E-state index is 13.3. The lowest BCUT2D eigenvalue weighted by atomic mass is 9.96. The van der Waals surface area contributed by atoms with Gasteiger partial charge in [-0.2, -0.15) is 11.8 Å². The first-order chi connectivity index (χ1) is 11.1. The summed E-state index contributed by atoms with van der Waals surface area (Å²) in [5, 5.41) is 0. The van der Waals surface area contributed by atoms with Gasteiger partial charge in [0, 0.05) is 37.7 Å². The van der Waals surface area contributed by atoms with E-state index in [2.05, 4.69) is 4.90 Å². The Bertz CT molecular complexity index is 564. The number of amides is 1. The fourth-order valence-electron chi connectivity index (χ4n) is 3.34. The van der Waals surface area contributed by atoms with E-state index >= 15 is 0 Å². The number of nitrogens with zero attached hydrogens (tertiary/aromatic N) is 2. The Morgan fingerprint density at radius 1 is 1.17 bits per heavy atom. The first-order valence-corrected chi connectivity index (χ1v) is 9.32. The number of likely N-dealkylation sites (tertiary alicyclic amines) is 1. The molecular weight excluding hydrogens is 318 g/mol. The van der Waals surface area contributed by atoms with Gasteiger partial charge in [0.05, 0.1) is 5.92 Å². The molecule has 1 aromatic carbocycles. The number of hydrogen-bond donors (Lipinski definition) is 0. The zero-order valence-corrected chi connectivity index (χ0v) is 14.0. The molecule has 0 radical (unpaired) electrons. The molecule has 1 amide bonds. The summed E-state index contributed by atoms with van der Waals surface area (Å²) in [6.07, 6.45) is 1.90. The number of carbonyl (C=O) groups excluding carboxylic acids is 1. The molecule has 2 aliphatic heterocycles. The van der Waals surface area contributed by atoms with E-state index in [0.29, 0.717) is 13.1 Å². The van der Waals surface area contributed by atoms with E-state index in [1.807, 2.05) is 16.7 Å². The van der Waals surface area contributed by atoms with Gasteiger partial charge in [-0.15, -0.1) is 0 Å². The molecule has 1 aromatic rings. The van der Waals surface area contributed by atoms with Gasteiger partial charge in [-0.25, -0.2) is 8.78 Å². The highest BCUT2D eigenvalue weighted by Gasteiger charge is 2.30. The quantitative estimate of drug-likeness (QED) is 0.845. The Hall–Kier alpha value is -1.14. The number of rotatable bonds is 3. The molecule has 0 aromatic heterocycles. The average Bonchev–Trinajstić information content (AvgIpc) is 2.58. The predicted octanol–water partition coefficient (Wildman–Crippen LogP) is 2.75. The summed E-state index contributed by atoms with van der Waals surface area (Å²) in [4.78, 5) is 16.8. The molecule has 0 saturated carbocycles. The van der Waals surface area contributed by atoms with E-state index in [-0.39, 0.29) is 11.8 Å². The van der Waals surface area contributed by atoms with E-state index in [0.717, 1.165) is 49.5 Å². The minimum absolute atomic E-state index is 0.0390. The van der Waals surface area contributed by atoms with Gasteiger partial charge in [-0.3, -0.25) is 9.69 Å². The first kappa shape index (κ1) is 16.7. The summed E-state index contributed by atoms with van der Waals surface area (Å²) in [6.45, 7) is 3.88. The lowest BCUT2D eigenvalue weighted by molar-refractivity contribution is -0.137. The van der Waals surface area contributed by atoms with Gasteiger partial charge in [0.25, 0.3) is 0 Å². The SMILES string of the molecule is O=C(C1CCCN(Cc2ccc(F)c(F)c2)C1)N1CCSCC1. The summed E-state index contributed by atoms with van der Waals surface area (Å²) in [5.41, 5.74) is 0.756. The molecule has 23 heavy (non-hydrogen) atoms. The monoisotopic (exact) mass is 340 g/mol. The number of thioether (sulfide) groups is 1. The van der Waals surface area contributed by atoms with Crippen LogP contribution in [0.2, 0.25) is 0 Å². The van der Waals surface area contributed by atoms with E-state index in [1.54, 1.807) is 6.07 Å². The molecule has 2 saturated heterocycles. The van der Waals surface area contributed by atoms with Gasteiger partial charge >= 0.3 is 0 Å². The van der Waals surface area contributed by atoms with Crippen molar-refractivity contribution < 1.29 is 13.6 Å². The van der Waals surface area contributed by atoms with Crippen LogP contribution < -0.4 is 0 Å². The van der Waals surface area contributed by atoms with Crippen molar-refractivity contribution in [2.45, 2.75) is 19.4 Å². The maximum absolute atomic E-state index is 13.3. The lowest BCUT2D eigenvalue weighted by Crippen LogP contribution is -2.47. The molecule has 1 unspecified atom stereocenters. The Balaban J connectivity index is 1.59. The second-order valence-corrected chi connectivity index (χ2v) is 7.49. The number of piperidine rings is 1. The molecule has 3 nitrogen and oxygen atoms in total. The third-order valence-corrected chi connectivity index (χ3v) is 5.51. The number of carbonyl (C=O) groups is 1. The molecule has 1 atom stereocenters. The van der Waals surface area contributed by atoms with Gasteiger partial charge in [0.2, 0.25) is 5.91 Å². The van der Waals surface area contributed by atoms with E-state index in [4.69, 9.17) is 0 Å². The molecule has 0 N–H and O–H groups in total. The van der Waals surface area contributed by atoms with Crippen LogP contribution in [0.4, 0.5) is 8.78 Å². The van der Waals surface area contributed by atoms with Crippen molar-refractivity contribution in [3.63, 3.8) is 0 Å². The first-order valence-electron chi connectivity index (χ1n) is 8.16. The molecule has 3 rings (SSSR count). The van der Waals surface area contributed by atoms with Gasteiger partial charge < -0.3 is 4.90 Å². The Labute approximate surface area is 140 Å². The second-order valence-electron chi connectivity index (χ2n) is 6.26. The normalized spacial score (nSPS) is 23.0. The standard InChI is InChI=1S/C17H22F2N2OS/c18-15-4-3-13(10-16(15)19)11-20-5-1-2-14(12-20)17(22)21-6-8-23-9-7-21/h3-4,10,14H,1-2,5-9,11-12H2. The zero-order chi connectivity index (χ0) is 16.2. The van der Waals surface area contributed by atoms with Crippen LogP contribution in [0, 0.1) is 17.6 Å². The van der Waals surface area contributed by atoms with Crippen LogP contribution in [0.15, 0.2) is 18.2 Å². The molecule has 0 spiro atoms. The molecule has 6 heteroatoms. The van der Waals surface area contributed by atoms with Crippen molar-refractivity contribution in [3.05, 3.63) is 35.4 Å².